The van der Waals surface area contributed by atoms with Crippen LogP contribution in [-0.2, 0) is 4.74 Å². The van der Waals surface area contributed by atoms with Crippen LogP contribution in [0.2, 0.25) is 0 Å². The fourth-order valence-electron chi connectivity index (χ4n) is 3.32. The Labute approximate surface area is 173 Å². The molecule has 1 aliphatic rings. The zero-order valence-corrected chi connectivity index (χ0v) is 16.5. The van der Waals surface area contributed by atoms with Crippen molar-refractivity contribution >= 4 is 17.3 Å². The second-order valence-electron chi connectivity index (χ2n) is 7.07. The number of nitrogens with zero attached hydrogens (tertiary/aromatic N) is 3. The van der Waals surface area contributed by atoms with Gasteiger partial charge in [-0.1, -0.05) is 12.1 Å². The Hall–Kier alpha value is -3.65. The predicted octanol–water partition coefficient (Wildman–Crippen LogP) is 2.34. The fourth-order valence-corrected chi connectivity index (χ4v) is 3.32. The molecule has 1 fully saturated rings. The first-order chi connectivity index (χ1) is 14.5. The Morgan fingerprint density at radius 1 is 1.07 bits per heavy atom. The van der Waals surface area contributed by atoms with Crippen LogP contribution in [-0.4, -0.2) is 47.1 Å². The summed E-state index contributed by atoms with van der Waals surface area (Å²) in [5.74, 6) is -1.07. The highest BCUT2D eigenvalue weighted by atomic mass is 16.5. The van der Waals surface area contributed by atoms with Gasteiger partial charge in [0, 0.05) is 30.5 Å². The summed E-state index contributed by atoms with van der Waals surface area (Å²) in [6, 6.07) is 15.6. The van der Waals surface area contributed by atoms with Crippen LogP contribution in [0.25, 0.3) is 5.69 Å². The minimum atomic E-state index is -0.604. The Bertz CT molecular complexity index is 1120. The lowest BCUT2D eigenvalue weighted by atomic mass is 10.2. The van der Waals surface area contributed by atoms with Crippen LogP contribution >= 0.6 is 0 Å². The van der Waals surface area contributed by atoms with E-state index in [9.17, 15) is 14.7 Å². The van der Waals surface area contributed by atoms with Gasteiger partial charge in [-0.05, 0) is 48.9 Å². The van der Waals surface area contributed by atoms with E-state index in [1.807, 2.05) is 25.1 Å². The number of benzene rings is 2. The lowest BCUT2D eigenvalue weighted by Gasteiger charge is -2.28. The second-order valence-corrected chi connectivity index (χ2v) is 7.07. The van der Waals surface area contributed by atoms with Crippen LogP contribution in [0.15, 0.2) is 59.4 Å². The van der Waals surface area contributed by atoms with Gasteiger partial charge in [0.1, 0.15) is 0 Å². The minimum Gasteiger partial charge on any atom is -0.505 e. The number of aromatic hydroxyl groups is 1. The van der Waals surface area contributed by atoms with Gasteiger partial charge < -0.3 is 20.1 Å². The highest BCUT2D eigenvalue weighted by molar-refractivity contribution is 6.04. The molecule has 2 aromatic carbocycles. The van der Waals surface area contributed by atoms with Crippen LogP contribution in [0.5, 0.6) is 5.75 Å². The standard InChI is InChI=1S/C22H22N4O4/c1-15-3-2-4-18(13-15)26-20(28)14-19(27)21(24-26)22(29)23-16-5-7-17(8-6-16)25-9-11-30-12-10-25/h2-8,13-14,27H,9-12H2,1H3,(H,23,29). The maximum absolute atomic E-state index is 12.7. The molecule has 3 aromatic rings. The summed E-state index contributed by atoms with van der Waals surface area (Å²) in [5.41, 5.74) is 2.32. The van der Waals surface area contributed by atoms with Crippen molar-refractivity contribution in [2.75, 3.05) is 36.5 Å². The molecular formula is C22H22N4O4. The zero-order valence-electron chi connectivity index (χ0n) is 16.5. The summed E-state index contributed by atoms with van der Waals surface area (Å²) < 4.78 is 6.46. The van der Waals surface area contributed by atoms with Gasteiger partial charge in [0.25, 0.3) is 11.5 Å². The van der Waals surface area contributed by atoms with Gasteiger partial charge in [0.2, 0.25) is 0 Å². The third-order valence-electron chi connectivity index (χ3n) is 4.87. The number of carbonyl (C=O) groups excluding carboxylic acids is 1. The molecule has 0 radical (unpaired) electrons. The predicted molar refractivity (Wildman–Crippen MR) is 114 cm³/mol. The molecule has 0 bridgehead atoms. The van der Waals surface area contributed by atoms with Crippen molar-refractivity contribution in [3.05, 3.63) is 76.2 Å². The molecule has 8 nitrogen and oxygen atoms in total. The average Bonchev–Trinajstić information content (AvgIpc) is 2.75. The number of hydrogen-bond donors (Lipinski definition) is 2. The Morgan fingerprint density at radius 2 is 1.80 bits per heavy atom. The van der Waals surface area contributed by atoms with Crippen LogP contribution in [0.3, 0.4) is 0 Å². The Balaban J connectivity index is 1.56. The molecule has 0 aliphatic carbocycles. The molecule has 154 valence electrons. The van der Waals surface area contributed by atoms with E-state index in [0.717, 1.165) is 35.1 Å². The summed E-state index contributed by atoms with van der Waals surface area (Å²) in [6.07, 6.45) is 0. The molecule has 30 heavy (non-hydrogen) atoms. The minimum absolute atomic E-state index is 0.228. The van der Waals surface area contributed by atoms with Gasteiger partial charge in [-0.3, -0.25) is 9.59 Å². The summed E-state index contributed by atoms with van der Waals surface area (Å²) in [5, 5.41) is 16.9. The topological polar surface area (TPSA) is 96.7 Å². The molecule has 0 saturated carbocycles. The number of anilines is 2. The maximum Gasteiger partial charge on any atom is 0.279 e. The number of carbonyl (C=O) groups is 1. The molecule has 0 spiro atoms. The van der Waals surface area contributed by atoms with Crippen LogP contribution in [0.1, 0.15) is 16.1 Å². The lowest BCUT2D eigenvalue weighted by molar-refractivity contribution is 0.101. The number of morpholine rings is 1. The van der Waals surface area contributed by atoms with E-state index in [2.05, 4.69) is 15.3 Å². The van der Waals surface area contributed by atoms with Crippen LogP contribution in [0.4, 0.5) is 11.4 Å². The third-order valence-corrected chi connectivity index (χ3v) is 4.87. The van der Waals surface area contributed by atoms with E-state index in [0.29, 0.717) is 24.6 Å². The monoisotopic (exact) mass is 406 g/mol. The zero-order chi connectivity index (χ0) is 21.1. The molecule has 2 N–H and O–H groups in total. The summed E-state index contributed by atoms with van der Waals surface area (Å²) in [7, 11) is 0. The molecule has 1 amide bonds. The Kier molecular flexibility index (Phi) is 5.49. The number of nitrogens with one attached hydrogen (secondary N) is 1. The largest absolute Gasteiger partial charge is 0.505 e. The number of hydrogen-bond acceptors (Lipinski definition) is 6. The van der Waals surface area contributed by atoms with Crippen LogP contribution < -0.4 is 15.8 Å². The molecule has 1 saturated heterocycles. The van der Waals surface area contributed by atoms with Crippen molar-refractivity contribution < 1.29 is 14.6 Å². The van der Waals surface area contributed by atoms with E-state index in [1.54, 1.807) is 30.3 Å². The van der Waals surface area contributed by atoms with E-state index < -0.39 is 17.2 Å². The van der Waals surface area contributed by atoms with Crippen molar-refractivity contribution in [2.45, 2.75) is 6.92 Å². The fraction of sp³-hybridized carbons (Fsp3) is 0.227. The summed E-state index contributed by atoms with van der Waals surface area (Å²) in [4.78, 5) is 27.2. The van der Waals surface area contributed by atoms with Crippen molar-refractivity contribution in [3.63, 3.8) is 0 Å². The second kappa shape index (κ2) is 8.38. The van der Waals surface area contributed by atoms with Crippen molar-refractivity contribution in [2.24, 2.45) is 0 Å². The molecule has 8 heteroatoms. The van der Waals surface area contributed by atoms with E-state index in [1.165, 1.54) is 0 Å². The van der Waals surface area contributed by atoms with E-state index >= 15 is 0 Å². The third kappa shape index (κ3) is 4.18. The number of aryl methyl sites for hydroxylation is 1. The van der Waals surface area contributed by atoms with Gasteiger partial charge in [0.05, 0.1) is 18.9 Å². The summed E-state index contributed by atoms with van der Waals surface area (Å²) in [6.45, 7) is 4.93. The van der Waals surface area contributed by atoms with Crippen molar-refractivity contribution in [1.29, 1.82) is 0 Å². The van der Waals surface area contributed by atoms with Crippen molar-refractivity contribution in [3.8, 4) is 11.4 Å². The SMILES string of the molecule is Cc1cccc(-n2nc(C(=O)Nc3ccc(N4CCOCC4)cc3)c(O)cc2=O)c1. The highest BCUT2D eigenvalue weighted by Crippen LogP contribution is 2.20. The summed E-state index contributed by atoms with van der Waals surface area (Å²) >= 11 is 0. The number of rotatable bonds is 4. The number of aromatic nitrogens is 2. The van der Waals surface area contributed by atoms with Gasteiger partial charge in [0.15, 0.2) is 11.4 Å². The number of amides is 1. The van der Waals surface area contributed by atoms with E-state index in [4.69, 9.17) is 4.74 Å². The van der Waals surface area contributed by atoms with Gasteiger partial charge in [-0.25, -0.2) is 0 Å². The first-order valence-corrected chi connectivity index (χ1v) is 9.66. The first-order valence-electron chi connectivity index (χ1n) is 9.66. The van der Waals surface area contributed by atoms with Gasteiger partial charge >= 0.3 is 0 Å². The maximum atomic E-state index is 12.7. The average molecular weight is 406 g/mol. The normalized spacial score (nSPS) is 13.8. The van der Waals surface area contributed by atoms with Crippen molar-refractivity contribution in [1.82, 2.24) is 9.78 Å². The van der Waals surface area contributed by atoms with E-state index in [-0.39, 0.29) is 5.69 Å². The van der Waals surface area contributed by atoms with Gasteiger partial charge in [-0.15, -0.1) is 0 Å². The first kappa shape index (κ1) is 19.7. The van der Waals surface area contributed by atoms with Gasteiger partial charge in [-0.2, -0.15) is 9.78 Å². The molecule has 2 heterocycles. The molecular weight excluding hydrogens is 384 g/mol. The molecule has 0 atom stereocenters. The Morgan fingerprint density at radius 3 is 2.50 bits per heavy atom. The van der Waals surface area contributed by atoms with Crippen LogP contribution in [0, 0.1) is 6.92 Å². The highest BCUT2D eigenvalue weighted by Gasteiger charge is 2.18. The lowest BCUT2D eigenvalue weighted by Crippen LogP contribution is -2.36. The number of ether oxygens (including phenoxy) is 1. The molecule has 1 aliphatic heterocycles. The molecule has 4 rings (SSSR count). The molecule has 0 unspecified atom stereocenters. The quantitative estimate of drug-likeness (QED) is 0.690. The molecule has 1 aromatic heterocycles. The smallest absolute Gasteiger partial charge is 0.279 e.